The second-order valence-electron chi connectivity index (χ2n) is 4.14. The average Bonchev–Trinajstić information content (AvgIpc) is 2.42. The van der Waals surface area contributed by atoms with Gasteiger partial charge in [-0.25, -0.2) is 9.78 Å². The molecule has 0 radical (unpaired) electrons. The molecular formula is C15H16N2O2. The highest BCUT2D eigenvalue weighted by molar-refractivity contribution is 5.87. The highest BCUT2D eigenvalue weighted by Crippen LogP contribution is 2.16. The Labute approximate surface area is 112 Å². The third-order valence-electron chi connectivity index (χ3n) is 2.59. The maximum atomic E-state index is 11.4. The smallest absolute Gasteiger partial charge is 0.356 e. The topological polar surface area (TPSA) is 51.2 Å². The standard InChI is InChI=1S/C15H16N2O2/c1-3-19-15(18)14-9-8-13(10-16-14)17-12-6-4-11(2)5-7-12/h4-10,17H,3H2,1-2H3. The van der Waals surface area contributed by atoms with E-state index < -0.39 is 5.97 Å². The number of nitrogens with zero attached hydrogens (tertiary/aromatic N) is 1. The van der Waals surface area contributed by atoms with Crippen molar-refractivity contribution in [2.75, 3.05) is 11.9 Å². The number of carbonyl (C=O) groups is 1. The minimum Gasteiger partial charge on any atom is -0.461 e. The molecule has 4 nitrogen and oxygen atoms in total. The Morgan fingerprint density at radius 3 is 2.42 bits per heavy atom. The Kier molecular flexibility index (Phi) is 4.13. The summed E-state index contributed by atoms with van der Waals surface area (Å²) in [5.41, 5.74) is 3.34. The van der Waals surface area contributed by atoms with Gasteiger partial charge in [0.2, 0.25) is 0 Å². The van der Waals surface area contributed by atoms with Gasteiger partial charge in [0.15, 0.2) is 0 Å². The Hall–Kier alpha value is -2.36. The molecule has 0 saturated heterocycles. The van der Waals surface area contributed by atoms with E-state index in [0.717, 1.165) is 11.4 Å². The number of esters is 1. The molecule has 0 fully saturated rings. The molecule has 1 N–H and O–H groups in total. The number of carbonyl (C=O) groups excluding carboxylic acids is 1. The molecule has 0 unspecified atom stereocenters. The van der Waals surface area contributed by atoms with Crippen LogP contribution in [0, 0.1) is 6.92 Å². The number of nitrogens with one attached hydrogen (secondary N) is 1. The van der Waals surface area contributed by atoms with E-state index in [2.05, 4.69) is 10.3 Å². The number of pyridine rings is 1. The number of rotatable bonds is 4. The van der Waals surface area contributed by atoms with Gasteiger partial charge in [-0.05, 0) is 38.1 Å². The van der Waals surface area contributed by atoms with E-state index in [1.807, 2.05) is 31.2 Å². The molecule has 98 valence electrons. The SMILES string of the molecule is CCOC(=O)c1ccc(Nc2ccc(C)cc2)cn1. The summed E-state index contributed by atoms with van der Waals surface area (Å²) in [4.78, 5) is 15.5. The Morgan fingerprint density at radius 1 is 1.16 bits per heavy atom. The monoisotopic (exact) mass is 256 g/mol. The molecule has 1 heterocycles. The molecule has 19 heavy (non-hydrogen) atoms. The largest absolute Gasteiger partial charge is 0.461 e. The molecule has 0 aliphatic carbocycles. The van der Waals surface area contributed by atoms with Crippen LogP contribution >= 0.6 is 0 Å². The maximum Gasteiger partial charge on any atom is 0.356 e. The molecule has 0 spiro atoms. The lowest BCUT2D eigenvalue weighted by atomic mass is 10.2. The van der Waals surface area contributed by atoms with Crippen molar-refractivity contribution in [1.29, 1.82) is 0 Å². The normalized spacial score (nSPS) is 10.0. The molecule has 2 aromatic rings. The first-order chi connectivity index (χ1) is 9.19. The molecule has 0 atom stereocenters. The van der Waals surface area contributed by atoms with Crippen LogP contribution < -0.4 is 5.32 Å². The van der Waals surface area contributed by atoms with E-state index in [1.165, 1.54) is 5.56 Å². The first-order valence-electron chi connectivity index (χ1n) is 6.16. The van der Waals surface area contributed by atoms with Crippen LogP contribution in [0.1, 0.15) is 23.0 Å². The van der Waals surface area contributed by atoms with Gasteiger partial charge in [-0.15, -0.1) is 0 Å². The van der Waals surface area contributed by atoms with E-state index in [0.29, 0.717) is 12.3 Å². The van der Waals surface area contributed by atoms with Crippen LogP contribution in [-0.4, -0.2) is 17.6 Å². The summed E-state index contributed by atoms with van der Waals surface area (Å²) in [6, 6.07) is 11.5. The lowest BCUT2D eigenvalue weighted by Crippen LogP contribution is -2.06. The minimum atomic E-state index is -0.399. The fraction of sp³-hybridized carbons (Fsp3) is 0.200. The van der Waals surface area contributed by atoms with E-state index in [-0.39, 0.29) is 0 Å². The van der Waals surface area contributed by atoms with Gasteiger partial charge in [0.25, 0.3) is 0 Å². The highest BCUT2D eigenvalue weighted by Gasteiger charge is 2.07. The minimum absolute atomic E-state index is 0.316. The molecule has 0 amide bonds. The highest BCUT2D eigenvalue weighted by atomic mass is 16.5. The predicted octanol–water partition coefficient (Wildman–Crippen LogP) is 3.31. The quantitative estimate of drug-likeness (QED) is 0.853. The zero-order chi connectivity index (χ0) is 13.7. The van der Waals surface area contributed by atoms with Gasteiger partial charge in [-0.2, -0.15) is 0 Å². The lowest BCUT2D eigenvalue weighted by molar-refractivity contribution is 0.0519. The number of ether oxygens (including phenoxy) is 1. The second kappa shape index (κ2) is 6.00. The summed E-state index contributed by atoms with van der Waals surface area (Å²) < 4.78 is 4.88. The van der Waals surface area contributed by atoms with Gasteiger partial charge < -0.3 is 10.1 Å². The van der Waals surface area contributed by atoms with Gasteiger partial charge >= 0.3 is 5.97 Å². The maximum absolute atomic E-state index is 11.4. The van der Waals surface area contributed by atoms with Crippen molar-refractivity contribution in [3.8, 4) is 0 Å². The zero-order valence-electron chi connectivity index (χ0n) is 11.0. The predicted molar refractivity (Wildman–Crippen MR) is 74.7 cm³/mol. The molecule has 0 saturated carbocycles. The summed E-state index contributed by atoms with van der Waals surface area (Å²) in [5.74, 6) is -0.399. The van der Waals surface area contributed by atoms with Crippen molar-refractivity contribution >= 4 is 17.3 Å². The van der Waals surface area contributed by atoms with Crippen molar-refractivity contribution < 1.29 is 9.53 Å². The van der Waals surface area contributed by atoms with Crippen LogP contribution in [0.3, 0.4) is 0 Å². The van der Waals surface area contributed by atoms with E-state index >= 15 is 0 Å². The summed E-state index contributed by atoms with van der Waals surface area (Å²) >= 11 is 0. The number of benzene rings is 1. The van der Waals surface area contributed by atoms with E-state index in [9.17, 15) is 4.79 Å². The fourth-order valence-electron chi connectivity index (χ4n) is 1.60. The molecule has 0 aliphatic heterocycles. The van der Waals surface area contributed by atoms with E-state index in [1.54, 1.807) is 25.3 Å². The third-order valence-corrected chi connectivity index (χ3v) is 2.59. The number of hydrogen-bond donors (Lipinski definition) is 1. The molecule has 0 aliphatic rings. The van der Waals surface area contributed by atoms with E-state index in [4.69, 9.17) is 4.74 Å². The summed E-state index contributed by atoms with van der Waals surface area (Å²) in [6.07, 6.45) is 1.62. The van der Waals surface area contributed by atoms with Crippen LogP contribution in [0.4, 0.5) is 11.4 Å². The van der Waals surface area contributed by atoms with Gasteiger partial charge in [0.1, 0.15) is 5.69 Å². The average molecular weight is 256 g/mol. The number of hydrogen-bond acceptors (Lipinski definition) is 4. The number of aryl methyl sites for hydroxylation is 1. The Morgan fingerprint density at radius 2 is 1.84 bits per heavy atom. The molecule has 4 heteroatoms. The second-order valence-corrected chi connectivity index (χ2v) is 4.14. The van der Waals surface area contributed by atoms with Crippen molar-refractivity contribution in [3.05, 3.63) is 53.9 Å². The molecular weight excluding hydrogens is 240 g/mol. The van der Waals surface area contributed by atoms with Gasteiger partial charge in [0.05, 0.1) is 18.5 Å². The van der Waals surface area contributed by atoms with Crippen LogP contribution in [0.15, 0.2) is 42.6 Å². The van der Waals surface area contributed by atoms with Crippen LogP contribution in [0.25, 0.3) is 0 Å². The lowest BCUT2D eigenvalue weighted by Gasteiger charge is -2.07. The van der Waals surface area contributed by atoms with Crippen LogP contribution in [0.2, 0.25) is 0 Å². The molecule has 0 bridgehead atoms. The van der Waals surface area contributed by atoms with Crippen molar-refractivity contribution in [1.82, 2.24) is 4.98 Å². The number of aromatic nitrogens is 1. The molecule has 1 aromatic heterocycles. The Bertz CT molecular complexity index is 547. The first kappa shape index (κ1) is 13.1. The van der Waals surface area contributed by atoms with Gasteiger partial charge in [-0.3, -0.25) is 0 Å². The third kappa shape index (κ3) is 3.55. The summed E-state index contributed by atoms with van der Waals surface area (Å²) in [7, 11) is 0. The van der Waals surface area contributed by atoms with Gasteiger partial charge in [-0.1, -0.05) is 17.7 Å². The van der Waals surface area contributed by atoms with Crippen molar-refractivity contribution in [2.24, 2.45) is 0 Å². The molecule has 2 rings (SSSR count). The van der Waals surface area contributed by atoms with Crippen LogP contribution in [0.5, 0.6) is 0 Å². The molecule has 1 aromatic carbocycles. The fourth-order valence-corrected chi connectivity index (χ4v) is 1.60. The number of anilines is 2. The van der Waals surface area contributed by atoms with Crippen molar-refractivity contribution in [2.45, 2.75) is 13.8 Å². The summed E-state index contributed by atoms with van der Waals surface area (Å²) in [6.45, 7) is 4.16. The zero-order valence-corrected chi connectivity index (χ0v) is 11.0. The van der Waals surface area contributed by atoms with Gasteiger partial charge in [0, 0.05) is 5.69 Å². The summed E-state index contributed by atoms with van der Waals surface area (Å²) in [5, 5.41) is 3.21. The Balaban J connectivity index is 2.06. The first-order valence-corrected chi connectivity index (χ1v) is 6.16. The van der Waals surface area contributed by atoms with Crippen LogP contribution in [-0.2, 0) is 4.74 Å². The van der Waals surface area contributed by atoms with Crippen molar-refractivity contribution in [3.63, 3.8) is 0 Å².